The lowest BCUT2D eigenvalue weighted by atomic mass is 10.2. The maximum absolute atomic E-state index is 13.8. The van der Waals surface area contributed by atoms with Crippen LogP contribution >= 0.6 is 0 Å². The van der Waals surface area contributed by atoms with Crippen LogP contribution in [0.25, 0.3) is 0 Å². The van der Waals surface area contributed by atoms with Gasteiger partial charge in [-0.05, 0) is 18.6 Å². The number of rotatable bonds is 5. The zero-order valence-electron chi connectivity index (χ0n) is 14.6. The van der Waals surface area contributed by atoms with E-state index in [1.165, 1.54) is 6.07 Å². The minimum atomic E-state index is -0.670. The van der Waals surface area contributed by atoms with Crippen molar-refractivity contribution in [3.8, 4) is 5.75 Å². The summed E-state index contributed by atoms with van der Waals surface area (Å²) in [5.41, 5.74) is 0. The number of nitrogens with zero attached hydrogens (tertiary/aromatic N) is 4. The van der Waals surface area contributed by atoms with Crippen molar-refractivity contribution in [1.82, 2.24) is 14.5 Å². The molecule has 1 aliphatic heterocycles. The molecule has 7 heteroatoms. The number of aryl methyl sites for hydroxylation is 1. The molecule has 2 aromatic rings. The highest BCUT2D eigenvalue weighted by Gasteiger charge is 2.29. The highest BCUT2D eigenvalue weighted by atomic mass is 19.1. The van der Waals surface area contributed by atoms with Crippen LogP contribution in [-0.2, 0) is 11.8 Å². The molecule has 0 saturated carbocycles. The molecule has 0 unspecified atom stereocenters. The van der Waals surface area contributed by atoms with Gasteiger partial charge in [-0.15, -0.1) is 0 Å². The molecule has 1 atom stereocenters. The number of imidazole rings is 1. The quantitative estimate of drug-likeness (QED) is 0.832. The molecule has 25 heavy (non-hydrogen) atoms. The number of carbonyl (C=O) groups excluding carboxylic acids is 1. The van der Waals surface area contributed by atoms with Crippen LogP contribution in [0.3, 0.4) is 0 Å². The van der Waals surface area contributed by atoms with Gasteiger partial charge in [-0.25, -0.2) is 9.37 Å². The molecular formula is C18H23FN4O2. The fourth-order valence-corrected chi connectivity index (χ4v) is 2.99. The summed E-state index contributed by atoms with van der Waals surface area (Å²) in [5, 5.41) is 0. The summed E-state index contributed by atoms with van der Waals surface area (Å²) < 4.78 is 21.4. The van der Waals surface area contributed by atoms with Gasteiger partial charge in [0.05, 0.1) is 0 Å². The van der Waals surface area contributed by atoms with Gasteiger partial charge in [0.15, 0.2) is 17.7 Å². The number of anilines is 1. The molecule has 1 aromatic carbocycles. The van der Waals surface area contributed by atoms with Crippen LogP contribution in [0.15, 0.2) is 36.7 Å². The van der Waals surface area contributed by atoms with Crippen molar-refractivity contribution in [2.45, 2.75) is 19.4 Å². The van der Waals surface area contributed by atoms with Gasteiger partial charge in [-0.1, -0.05) is 19.1 Å². The second-order valence-corrected chi connectivity index (χ2v) is 6.10. The summed E-state index contributed by atoms with van der Waals surface area (Å²) in [6.07, 6.45) is 3.49. The van der Waals surface area contributed by atoms with E-state index in [9.17, 15) is 9.18 Å². The Kier molecular flexibility index (Phi) is 5.21. The Bertz CT molecular complexity index is 725. The average molecular weight is 346 g/mol. The average Bonchev–Trinajstić information content (AvgIpc) is 3.06. The van der Waals surface area contributed by atoms with Crippen LogP contribution in [0.5, 0.6) is 5.75 Å². The van der Waals surface area contributed by atoms with E-state index in [4.69, 9.17) is 4.74 Å². The van der Waals surface area contributed by atoms with E-state index < -0.39 is 11.9 Å². The number of amides is 1. The van der Waals surface area contributed by atoms with Crippen LogP contribution in [0, 0.1) is 5.82 Å². The van der Waals surface area contributed by atoms with Crippen molar-refractivity contribution < 1.29 is 13.9 Å². The number of para-hydroxylation sites is 1. The van der Waals surface area contributed by atoms with E-state index >= 15 is 0 Å². The van der Waals surface area contributed by atoms with Gasteiger partial charge in [-0.2, -0.15) is 0 Å². The van der Waals surface area contributed by atoms with Crippen LogP contribution in [-0.4, -0.2) is 52.6 Å². The van der Waals surface area contributed by atoms with Crippen molar-refractivity contribution >= 4 is 11.9 Å². The molecule has 0 spiro atoms. The third-order valence-electron chi connectivity index (χ3n) is 4.42. The lowest BCUT2D eigenvalue weighted by Gasteiger charge is -2.36. The summed E-state index contributed by atoms with van der Waals surface area (Å²) >= 11 is 0. The number of benzene rings is 1. The predicted octanol–water partition coefficient (Wildman–Crippen LogP) is 2.07. The molecule has 1 aliphatic rings. The zero-order valence-corrected chi connectivity index (χ0v) is 14.6. The molecule has 0 bridgehead atoms. The molecule has 0 radical (unpaired) electrons. The predicted molar refractivity (Wildman–Crippen MR) is 93.1 cm³/mol. The van der Waals surface area contributed by atoms with Crippen LogP contribution in [0.2, 0.25) is 0 Å². The van der Waals surface area contributed by atoms with E-state index in [-0.39, 0.29) is 11.7 Å². The SMILES string of the molecule is CC[C@@H](Oc1ccccc1F)C(=O)N1CCN(c2nccn2C)CC1. The molecule has 1 aromatic heterocycles. The van der Waals surface area contributed by atoms with E-state index in [2.05, 4.69) is 9.88 Å². The number of hydrogen-bond donors (Lipinski definition) is 0. The number of aromatic nitrogens is 2. The van der Waals surface area contributed by atoms with Crippen molar-refractivity contribution in [3.63, 3.8) is 0 Å². The van der Waals surface area contributed by atoms with Crippen molar-refractivity contribution in [2.75, 3.05) is 31.1 Å². The Morgan fingerprint density at radius 1 is 1.28 bits per heavy atom. The summed E-state index contributed by atoms with van der Waals surface area (Å²) in [5.74, 6) is 0.481. The van der Waals surface area contributed by atoms with Crippen molar-refractivity contribution in [1.29, 1.82) is 0 Å². The van der Waals surface area contributed by atoms with Crippen LogP contribution < -0.4 is 9.64 Å². The molecule has 1 amide bonds. The maximum atomic E-state index is 13.8. The lowest BCUT2D eigenvalue weighted by molar-refractivity contribution is -0.139. The van der Waals surface area contributed by atoms with Crippen LogP contribution in [0.4, 0.5) is 10.3 Å². The second kappa shape index (κ2) is 7.55. The monoisotopic (exact) mass is 346 g/mol. The summed E-state index contributed by atoms with van der Waals surface area (Å²) in [6.45, 7) is 4.50. The topological polar surface area (TPSA) is 50.6 Å². The third kappa shape index (κ3) is 3.75. The molecule has 6 nitrogen and oxygen atoms in total. The molecule has 2 heterocycles. The number of piperazine rings is 1. The first-order chi connectivity index (χ1) is 12.1. The summed E-state index contributed by atoms with van der Waals surface area (Å²) in [4.78, 5) is 21.0. The third-order valence-corrected chi connectivity index (χ3v) is 4.42. The smallest absolute Gasteiger partial charge is 0.263 e. The van der Waals surface area contributed by atoms with Crippen molar-refractivity contribution in [3.05, 3.63) is 42.5 Å². The van der Waals surface area contributed by atoms with Crippen LogP contribution in [0.1, 0.15) is 13.3 Å². The Labute approximate surface area is 146 Å². The highest BCUT2D eigenvalue weighted by molar-refractivity contribution is 5.81. The van der Waals surface area contributed by atoms with Gasteiger partial charge in [0.2, 0.25) is 5.95 Å². The molecule has 134 valence electrons. The van der Waals surface area contributed by atoms with E-state index in [0.29, 0.717) is 32.6 Å². The molecule has 0 N–H and O–H groups in total. The van der Waals surface area contributed by atoms with Gasteiger partial charge in [0, 0.05) is 45.6 Å². The number of carbonyl (C=O) groups is 1. The molecular weight excluding hydrogens is 323 g/mol. The number of hydrogen-bond acceptors (Lipinski definition) is 4. The first-order valence-electron chi connectivity index (χ1n) is 8.52. The molecule has 3 rings (SSSR count). The van der Waals surface area contributed by atoms with E-state index in [0.717, 1.165) is 5.95 Å². The molecule has 1 saturated heterocycles. The minimum Gasteiger partial charge on any atom is -0.478 e. The molecule has 0 aliphatic carbocycles. The Balaban J connectivity index is 1.61. The normalized spacial score (nSPS) is 16.0. The summed E-state index contributed by atoms with van der Waals surface area (Å²) in [7, 11) is 1.95. The first-order valence-corrected chi connectivity index (χ1v) is 8.52. The lowest BCUT2D eigenvalue weighted by Crippen LogP contribution is -2.52. The Morgan fingerprint density at radius 2 is 2.00 bits per heavy atom. The minimum absolute atomic E-state index is 0.0924. The van der Waals surface area contributed by atoms with E-state index in [1.807, 2.05) is 24.7 Å². The van der Waals surface area contributed by atoms with Crippen molar-refractivity contribution in [2.24, 2.45) is 7.05 Å². The van der Waals surface area contributed by atoms with Gasteiger partial charge in [-0.3, -0.25) is 4.79 Å². The molecule has 1 fully saturated rings. The fourth-order valence-electron chi connectivity index (χ4n) is 2.99. The van der Waals surface area contributed by atoms with Gasteiger partial charge < -0.3 is 19.1 Å². The first kappa shape index (κ1) is 17.3. The van der Waals surface area contributed by atoms with Gasteiger partial charge in [0.25, 0.3) is 5.91 Å². The fraction of sp³-hybridized carbons (Fsp3) is 0.444. The second-order valence-electron chi connectivity index (χ2n) is 6.10. The summed E-state index contributed by atoms with van der Waals surface area (Å²) in [6, 6.07) is 6.17. The zero-order chi connectivity index (χ0) is 17.8. The Hall–Kier alpha value is -2.57. The standard InChI is InChI=1S/C18H23FN4O2/c1-3-15(25-16-7-5-4-6-14(16)19)17(24)22-10-12-23(13-11-22)18-20-8-9-21(18)2/h4-9,15H,3,10-13H2,1-2H3/t15-/m1/s1. The van der Waals surface area contributed by atoms with Gasteiger partial charge >= 0.3 is 0 Å². The largest absolute Gasteiger partial charge is 0.478 e. The Morgan fingerprint density at radius 3 is 2.60 bits per heavy atom. The number of halogens is 1. The van der Waals surface area contributed by atoms with E-state index in [1.54, 1.807) is 29.3 Å². The maximum Gasteiger partial charge on any atom is 0.263 e. The number of ether oxygens (including phenoxy) is 1. The highest BCUT2D eigenvalue weighted by Crippen LogP contribution is 2.20. The van der Waals surface area contributed by atoms with Gasteiger partial charge in [0.1, 0.15) is 0 Å².